The SMILES string of the molecule is COC(=O)c1ccc2cc(C(=O)O)c(=O)n(-c3ccccc3)c2c1. The van der Waals surface area contributed by atoms with E-state index >= 15 is 0 Å². The highest BCUT2D eigenvalue weighted by Gasteiger charge is 2.17. The van der Waals surface area contributed by atoms with Gasteiger partial charge in [-0.15, -0.1) is 0 Å². The molecule has 0 fully saturated rings. The first-order valence-electron chi connectivity index (χ1n) is 7.10. The molecule has 24 heavy (non-hydrogen) atoms. The van der Waals surface area contributed by atoms with Gasteiger partial charge in [-0.2, -0.15) is 0 Å². The molecule has 0 bridgehead atoms. The number of ether oxygens (including phenoxy) is 1. The van der Waals surface area contributed by atoms with Gasteiger partial charge in [-0.1, -0.05) is 24.3 Å². The molecule has 1 aromatic heterocycles. The van der Waals surface area contributed by atoms with E-state index in [4.69, 9.17) is 4.74 Å². The summed E-state index contributed by atoms with van der Waals surface area (Å²) in [5.74, 6) is -1.84. The van der Waals surface area contributed by atoms with Crippen LogP contribution in [0.5, 0.6) is 0 Å². The Balaban J connectivity index is 2.43. The van der Waals surface area contributed by atoms with Crippen molar-refractivity contribution in [3.05, 3.63) is 76.1 Å². The van der Waals surface area contributed by atoms with Gasteiger partial charge in [0.2, 0.25) is 0 Å². The summed E-state index contributed by atoms with van der Waals surface area (Å²) in [5, 5.41) is 9.82. The normalized spacial score (nSPS) is 10.5. The van der Waals surface area contributed by atoms with Gasteiger partial charge in [0, 0.05) is 5.69 Å². The predicted octanol–water partition coefficient (Wildman–Crippen LogP) is 2.48. The summed E-state index contributed by atoms with van der Waals surface area (Å²) in [5.41, 5.74) is 0.217. The van der Waals surface area contributed by atoms with Crippen LogP contribution in [0.4, 0.5) is 0 Å². The monoisotopic (exact) mass is 323 g/mol. The Kier molecular flexibility index (Phi) is 3.87. The maximum absolute atomic E-state index is 12.6. The van der Waals surface area contributed by atoms with E-state index in [1.165, 1.54) is 29.9 Å². The zero-order valence-electron chi connectivity index (χ0n) is 12.7. The Bertz CT molecular complexity index is 1010. The third kappa shape index (κ3) is 2.54. The van der Waals surface area contributed by atoms with Crippen LogP contribution in [0.15, 0.2) is 59.4 Å². The molecule has 3 rings (SSSR count). The minimum absolute atomic E-state index is 0.275. The van der Waals surface area contributed by atoms with Gasteiger partial charge in [-0.05, 0) is 35.7 Å². The Hall–Kier alpha value is -3.41. The quantitative estimate of drug-likeness (QED) is 0.748. The van der Waals surface area contributed by atoms with Crippen LogP contribution in [-0.4, -0.2) is 28.7 Å². The number of nitrogens with zero attached hydrogens (tertiary/aromatic N) is 1. The summed E-state index contributed by atoms with van der Waals surface area (Å²) in [6.07, 6.45) is 0. The number of para-hydroxylation sites is 1. The van der Waals surface area contributed by atoms with Crippen molar-refractivity contribution in [1.82, 2.24) is 4.57 Å². The smallest absolute Gasteiger partial charge is 0.341 e. The van der Waals surface area contributed by atoms with E-state index in [0.717, 1.165) is 0 Å². The van der Waals surface area contributed by atoms with Crippen LogP contribution >= 0.6 is 0 Å². The van der Waals surface area contributed by atoms with E-state index in [1.54, 1.807) is 36.4 Å². The summed E-state index contributed by atoms with van der Waals surface area (Å²) in [4.78, 5) is 35.8. The maximum atomic E-state index is 12.6. The Morgan fingerprint density at radius 3 is 2.38 bits per heavy atom. The van der Waals surface area contributed by atoms with Crippen molar-refractivity contribution >= 4 is 22.8 Å². The molecule has 6 nitrogen and oxygen atoms in total. The minimum atomic E-state index is -1.30. The number of pyridine rings is 1. The van der Waals surface area contributed by atoms with Crippen molar-refractivity contribution in [2.24, 2.45) is 0 Å². The molecule has 0 saturated carbocycles. The summed E-state index contributed by atoms with van der Waals surface area (Å²) in [6, 6.07) is 14.6. The maximum Gasteiger partial charge on any atom is 0.341 e. The first-order valence-corrected chi connectivity index (χ1v) is 7.10. The number of carbonyl (C=O) groups excluding carboxylic acids is 1. The minimum Gasteiger partial charge on any atom is -0.477 e. The molecule has 0 radical (unpaired) electrons. The zero-order chi connectivity index (χ0) is 17.3. The third-order valence-corrected chi connectivity index (χ3v) is 3.67. The molecular weight excluding hydrogens is 310 g/mol. The van der Waals surface area contributed by atoms with E-state index in [0.29, 0.717) is 16.6 Å². The fourth-order valence-corrected chi connectivity index (χ4v) is 2.54. The molecule has 3 aromatic rings. The molecular formula is C18H13NO5. The fourth-order valence-electron chi connectivity index (χ4n) is 2.54. The van der Waals surface area contributed by atoms with Crippen LogP contribution in [0, 0.1) is 0 Å². The molecule has 0 atom stereocenters. The number of fused-ring (bicyclic) bond motifs is 1. The lowest BCUT2D eigenvalue weighted by Crippen LogP contribution is -2.25. The molecule has 0 unspecified atom stereocenters. The van der Waals surface area contributed by atoms with Crippen LogP contribution < -0.4 is 5.56 Å². The Morgan fingerprint density at radius 1 is 1.04 bits per heavy atom. The van der Waals surface area contributed by atoms with Crippen molar-refractivity contribution in [3.8, 4) is 5.69 Å². The lowest BCUT2D eigenvalue weighted by atomic mass is 10.1. The highest BCUT2D eigenvalue weighted by molar-refractivity contribution is 5.97. The summed E-state index contributed by atoms with van der Waals surface area (Å²) < 4.78 is 5.99. The molecule has 120 valence electrons. The number of carboxylic acid groups (broad SMARTS) is 1. The van der Waals surface area contributed by atoms with Gasteiger partial charge in [0.15, 0.2) is 0 Å². The van der Waals surface area contributed by atoms with Crippen LogP contribution in [0.3, 0.4) is 0 Å². The Labute approximate surface area is 136 Å². The van der Waals surface area contributed by atoms with Gasteiger partial charge >= 0.3 is 11.9 Å². The first kappa shape index (κ1) is 15.5. The topological polar surface area (TPSA) is 85.6 Å². The molecule has 0 amide bonds. The highest BCUT2D eigenvalue weighted by atomic mass is 16.5. The number of hydrogen-bond donors (Lipinski definition) is 1. The summed E-state index contributed by atoms with van der Waals surface area (Å²) in [6.45, 7) is 0. The highest BCUT2D eigenvalue weighted by Crippen LogP contribution is 2.20. The van der Waals surface area contributed by atoms with Crippen molar-refractivity contribution in [1.29, 1.82) is 0 Å². The van der Waals surface area contributed by atoms with Crippen molar-refractivity contribution in [2.75, 3.05) is 7.11 Å². The summed E-state index contributed by atoms with van der Waals surface area (Å²) >= 11 is 0. The molecule has 1 heterocycles. The third-order valence-electron chi connectivity index (χ3n) is 3.67. The molecule has 0 aliphatic carbocycles. The number of carboxylic acids is 1. The summed E-state index contributed by atoms with van der Waals surface area (Å²) in [7, 11) is 1.27. The van der Waals surface area contributed by atoms with Gasteiger partial charge < -0.3 is 9.84 Å². The molecule has 0 aliphatic rings. The second-order valence-corrected chi connectivity index (χ2v) is 5.10. The molecule has 0 aliphatic heterocycles. The second kappa shape index (κ2) is 6.00. The van der Waals surface area contributed by atoms with Gasteiger partial charge in [-0.3, -0.25) is 9.36 Å². The number of hydrogen-bond acceptors (Lipinski definition) is 4. The number of carbonyl (C=O) groups is 2. The van der Waals surface area contributed by atoms with E-state index in [2.05, 4.69) is 0 Å². The second-order valence-electron chi connectivity index (χ2n) is 5.10. The van der Waals surface area contributed by atoms with Crippen molar-refractivity contribution < 1.29 is 19.4 Å². The van der Waals surface area contributed by atoms with Gasteiger partial charge in [-0.25, -0.2) is 9.59 Å². The molecule has 6 heteroatoms. The molecule has 2 aromatic carbocycles. The number of aromatic nitrogens is 1. The van der Waals surface area contributed by atoms with Crippen LogP contribution in [0.25, 0.3) is 16.6 Å². The zero-order valence-corrected chi connectivity index (χ0v) is 12.7. The molecule has 0 saturated heterocycles. The number of esters is 1. The Morgan fingerprint density at radius 2 is 1.75 bits per heavy atom. The van der Waals surface area contributed by atoms with Gasteiger partial charge in [0.25, 0.3) is 5.56 Å². The van der Waals surface area contributed by atoms with Crippen molar-refractivity contribution in [2.45, 2.75) is 0 Å². The van der Waals surface area contributed by atoms with Crippen LogP contribution in [0.1, 0.15) is 20.7 Å². The molecule has 1 N–H and O–H groups in total. The number of aromatic carboxylic acids is 1. The molecule has 0 spiro atoms. The number of rotatable bonds is 3. The fraction of sp³-hybridized carbons (Fsp3) is 0.0556. The van der Waals surface area contributed by atoms with E-state index < -0.39 is 17.5 Å². The predicted molar refractivity (Wildman–Crippen MR) is 87.8 cm³/mol. The number of methoxy groups -OCH3 is 1. The largest absolute Gasteiger partial charge is 0.477 e. The van der Waals surface area contributed by atoms with Crippen LogP contribution in [0.2, 0.25) is 0 Å². The average molecular weight is 323 g/mol. The van der Waals surface area contributed by atoms with Crippen molar-refractivity contribution in [3.63, 3.8) is 0 Å². The standard InChI is InChI=1S/C18H13NO5/c1-24-18(23)12-8-7-11-9-14(17(21)22)16(20)19(15(11)10-12)13-5-3-2-4-6-13/h2-10H,1H3,(H,21,22). The van der Waals surface area contributed by atoms with E-state index in [1.807, 2.05) is 0 Å². The lowest BCUT2D eigenvalue weighted by Gasteiger charge is -2.12. The lowest BCUT2D eigenvalue weighted by molar-refractivity contribution is 0.0599. The van der Waals surface area contributed by atoms with E-state index in [-0.39, 0.29) is 11.1 Å². The first-order chi connectivity index (χ1) is 11.5. The van der Waals surface area contributed by atoms with Crippen LogP contribution in [-0.2, 0) is 4.74 Å². The number of benzene rings is 2. The van der Waals surface area contributed by atoms with E-state index in [9.17, 15) is 19.5 Å². The average Bonchev–Trinajstić information content (AvgIpc) is 2.60. The van der Waals surface area contributed by atoms with Gasteiger partial charge in [0.05, 0.1) is 18.2 Å². The van der Waals surface area contributed by atoms with Gasteiger partial charge in [0.1, 0.15) is 5.56 Å².